The molecule has 1 unspecified atom stereocenters. The van der Waals surface area contributed by atoms with Gasteiger partial charge in [0, 0.05) is 44.2 Å². The lowest BCUT2D eigenvalue weighted by molar-refractivity contribution is -0.141. The van der Waals surface area contributed by atoms with Crippen LogP contribution in [0.15, 0.2) is 59.5 Å². The van der Waals surface area contributed by atoms with Crippen molar-refractivity contribution < 1.29 is 32.3 Å². The molecule has 3 amide bonds. The molecule has 4 aliphatic rings. The van der Waals surface area contributed by atoms with Crippen LogP contribution in [0.4, 0.5) is 24.5 Å². The van der Waals surface area contributed by atoms with E-state index in [1.54, 1.807) is 23.7 Å². The van der Waals surface area contributed by atoms with E-state index in [4.69, 9.17) is 9.84 Å². The number of nitrogens with one attached hydrogen (secondary N) is 3. The van der Waals surface area contributed by atoms with Crippen LogP contribution in [0.3, 0.4) is 0 Å². The molecule has 2 aliphatic heterocycles. The number of aromatic nitrogens is 5. The molecule has 3 N–H and O–H groups in total. The number of ether oxygens (including phenoxy) is 1. The van der Waals surface area contributed by atoms with Crippen LogP contribution >= 0.6 is 0 Å². The molecule has 61 heavy (non-hydrogen) atoms. The first kappa shape index (κ1) is 40.7. The third kappa shape index (κ3) is 7.99. The number of aryl methyl sites for hydroxylation is 1. The van der Waals surface area contributed by atoms with Crippen molar-refractivity contribution in [1.82, 2.24) is 34.1 Å². The Kier molecular flexibility index (Phi) is 10.6. The minimum absolute atomic E-state index is 0.206. The van der Waals surface area contributed by atoms with Crippen LogP contribution in [0, 0.1) is 17.3 Å². The maximum atomic E-state index is 13.3. The van der Waals surface area contributed by atoms with Gasteiger partial charge in [-0.25, -0.2) is 9.78 Å². The van der Waals surface area contributed by atoms with Gasteiger partial charge >= 0.3 is 11.9 Å². The number of anilines is 2. The Morgan fingerprint density at radius 1 is 0.967 bits per heavy atom. The van der Waals surface area contributed by atoms with E-state index in [9.17, 15) is 32.3 Å². The Labute approximate surface area is 349 Å². The van der Waals surface area contributed by atoms with Crippen LogP contribution in [0.25, 0.3) is 21.9 Å². The predicted octanol–water partition coefficient (Wildman–Crippen LogP) is 6.68. The smallest absolute Gasteiger partial charge is 0.433 e. The lowest BCUT2D eigenvalue weighted by Crippen LogP contribution is -2.49. The fourth-order valence-electron chi connectivity index (χ4n) is 10.4. The van der Waals surface area contributed by atoms with Gasteiger partial charge in [-0.1, -0.05) is 12.1 Å². The molecular formula is C44H50F3N9O5. The van der Waals surface area contributed by atoms with Crippen LogP contribution in [-0.2, 0) is 22.8 Å². The summed E-state index contributed by atoms with van der Waals surface area (Å²) in [4.78, 5) is 56.8. The van der Waals surface area contributed by atoms with Crippen LogP contribution in [0.2, 0.25) is 0 Å². The molecule has 1 atom stereocenters. The molecule has 0 radical (unpaired) electrons. The summed E-state index contributed by atoms with van der Waals surface area (Å²) in [6.07, 6.45) is 6.85. The van der Waals surface area contributed by atoms with Crippen molar-refractivity contribution in [2.24, 2.45) is 24.3 Å². The highest BCUT2D eigenvalue weighted by Gasteiger charge is 2.46. The van der Waals surface area contributed by atoms with Crippen molar-refractivity contribution in [1.29, 1.82) is 0 Å². The number of pyridine rings is 1. The third-order valence-corrected chi connectivity index (χ3v) is 13.6. The Bertz CT molecular complexity index is 2560. The molecule has 2 aliphatic carbocycles. The maximum Gasteiger partial charge on any atom is 0.433 e. The van der Waals surface area contributed by atoms with Crippen molar-refractivity contribution in [2.45, 2.75) is 82.5 Å². The summed E-state index contributed by atoms with van der Waals surface area (Å²) in [5.41, 5.74) is 2.01. The number of alkyl halides is 3. The number of piperidine rings is 2. The van der Waals surface area contributed by atoms with Gasteiger partial charge in [0.2, 0.25) is 11.8 Å². The SMILES string of the molecule is COc1cc2nn(C3CCC(CN4CCC5(CC4)CC(CNc4cccc6c4n(C)c(=O)n6C4CCC(=O)NC4=O)C5)CC3)cc2cc1NC(=O)c1cccc(C(F)(F)F)n1. The molecule has 322 valence electrons. The first-order chi connectivity index (χ1) is 29.3. The number of nitrogens with zero attached hydrogens (tertiary/aromatic N) is 6. The summed E-state index contributed by atoms with van der Waals surface area (Å²) in [6.45, 7) is 4.16. The van der Waals surface area contributed by atoms with E-state index in [1.807, 2.05) is 29.1 Å². The standard InChI is InChI=1S/C44H50F3N9O5/c1-53-39-30(5-3-7-34(39)56(42(53)60)35-13-14-38(57)51-41(35)59)48-23-27-21-43(22-27)15-17-54(18-16-43)24-26-9-11-29(12-10-26)55-25-28-19-33(36(61-2)20-32(28)52-55)50-40(58)31-6-4-8-37(49-31)44(45,46)47/h3-8,19-20,25-27,29,35,48H,9-18,21-24H2,1-2H3,(H,50,58)(H,51,57,59). The summed E-state index contributed by atoms with van der Waals surface area (Å²) in [5.74, 6) is 0.0185. The van der Waals surface area contributed by atoms with Gasteiger partial charge in [-0.15, -0.1) is 0 Å². The number of benzene rings is 2. The van der Waals surface area contributed by atoms with Gasteiger partial charge in [0.15, 0.2) is 0 Å². The van der Waals surface area contributed by atoms with Crippen molar-refractivity contribution >= 4 is 51.0 Å². The number of fused-ring (bicyclic) bond motifs is 2. The zero-order chi connectivity index (χ0) is 42.6. The van der Waals surface area contributed by atoms with E-state index in [-0.39, 0.29) is 29.8 Å². The zero-order valence-corrected chi connectivity index (χ0v) is 34.3. The number of methoxy groups -OCH3 is 1. The Balaban J connectivity index is 0.743. The zero-order valence-electron chi connectivity index (χ0n) is 34.3. The quantitative estimate of drug-likeness (QED) is 0.131. The number of carbonyl (C=O) groups excluding carboxylic acids is 3. The molecule has 9 rings (SSSR count). The fourth-order valence-corrected chi connectivity index (χ4v) is 10.4. The van der Waals surface area contributed by atoms with E-state index in [1.165, 1.54) is 43.4 Å². The minimum Gasteiger partial charge on any atom is -0.494 e. The topological polar surface area (TPSA) is 157 Å². The van der Waals surface area contributed by atoms with Gasteiger partial charge in [-0.05, 0) is 118 Å². The minimum atomic E-state index is -4.66. The van der Waals surface area contributed by atoms with Gasteiger partial charge < -0.3 is 20.3 Å². The van der Waals surface area contributed by atoms with Crippen LogP contribution in [0.1, 0.15) is 92.5 Å². The molecule has 1 spiro atoms. The lowest BCUT2D eigenvalue weighted by atomic mass is 9.57. The molecule has 17 heteroatoms. The summed E-state index contributed by atoms with van der Waals surface area (Å²) in [7, 11) is 3.19. The number of amides is 3. The Morgan fingerprint density at radius 3 is 2.44 bits per heavy atom. The molecule has 2 aromatic carbocycles. The van der Waals surface area contributed by atoms with Gasteiger partial charge in [0.05, 0.1) is 41.1 Å². The van der Waals surface area contributed by atoms with Crippen molar-refractivity contribution in [3.63, 3.8) is 0 Å². The van der Waals surface area contributed by atoms with Gasteiger partial charge in [-0.2, -0.15) is 18.3 Å². The summed E-state index contributed by atoms with van der Waals surface area (Å²) >= 11 is 0. The van der Waals surface area contributed by atoms with Crippen molar-refractivity contribution in [3.05, 3.63) is 76.6 Å². The van der Waals surface area contributed by atoms with E-state index in [0.29, 0.717) is 46.1 Å². The highest BCUT2D eigenvalue weighted by molar-refractivity contribution is 6.05. The average molecular weight is 842 g/mol. The molecule has 4 fully saturated rings. The van der Waals surface area contributed by atoms with Crippen LogP contribution in [0.5, 0.6) is 5.75 Å². The van der Waals surface area contributed by atoms with E-state index >= 15 is 0 Å². The summed E-state index contributed by atoms with van der Waals surface area (Å²) in [5, 5.41) is 14.3. The maximum absolute atomic E-state index is 13.3. The second-order valence-electron chi connectivity index (χ2n) is 17.6. The number of likely N-dealkylation sites (tertiary alicyclic amines) is 1. The monoisotopic (exact) mass is 841 g/mol. The molecular weight excluding hydrogens is 792 g/mol. The number of para-hydroxylation sites is 1. The summed E-state index contributed by atoms with van der Waals surface area (Å²) < 4.78 is 50.2. The van der Waals surface area contributed by atoms with Crippen LogP contribution in [-0.4, -0.2) is 79.8 Å². The predicted molar refractivity (Wildman–Crippen MR) is 222 cm³/mol. The average Bonchev–Trinajstić information content (AvgIpc) is 3.76. The molecule has 5 aromatic rings. The first-order valence-electron chi connectivity index (χ1n) is 21.2. The van der Waals surface area contributed by atoms with Gasteiger partial charge in [0.1, 0.15) is 23.2 Å². The number of hydrogen-bond donors (Lipinski definition) is 3. The molecule has 14 nitrogen and oxygen atoms in total. The van der Waals surface area contributed by atoms with E-state index in [0.717, 1.165) is 80.6 Å². The number of carbonyl (C=O) groups is 3. The largest absolute Gasteiger partial charge is 0.494 e. The lowest BCUT2D eigenvalue weighted by Gasteiger charge is -2.53. The van der Waals surface area contributed by atoms with Gasteiger partial charge in [-0.3, -0.25) is 33.5 Å². The highest BCUT2D eigenvalue weighted by atomic mass is 19.4. The number of imide groups is 1. The number of hydrogen-bond acceptors (Lipinski definition) is 9. The highest BCUT2D eigenvalue weighted by Crippen LogP contribution is 2.53. The molecule has 3 aromatic heterocycles. The number of rotatable bonds is 10. The van der Waals surface area contributed by atoms with Gasteiger partial charge in [0.25, 0.3) is 5.91 Å². The van der Waals surface area contributed by atoms with Crippen molar-refractivity contribution in [3.8, 4) is 5.75 Å². The second kappa shape index (κ2) is 16.0. The second-order valence-corrected chi connectivity index (χ2v) is 17.6. The van der Waals surface area contributed by atoms with E-state index < -0.39 is 29.7 Å². The Morgan fingerprint density at radius 2 is 1.72 bits per heavy atom. The van der Waals surface area contributed by atoms with E-state index in [2.05, 4.69) is 25.8 Å². The molecule has 2 saturated carbocycles. The number of imidazole rings is 1. The number of halogens is 3. The molecule has 0 bridgehead atoms. The first-order valence-corrected chi connectivity index (χ1v) is 21.2. The normalized spacial score (nSPS) is 22.3. The third-order valence-electron chi connectivity index (χ3n) is 13.6. The molecule has 5 heterocycles. The molecule has 2 saturated heterocycles. The van der Waals surface area contributed by atoms with Crippen LogP contribution < -0.4 is 26.4 Å². The fraction of sp³-hybridized carbons (Fsp3) is 0.500. The Hall–Kier alpha value is -5.71. The van der Waals surface area contributed by atoms with Crippen molar-refractivity contribution in [2.75, 3.05) is 43.9 Å². The summed E-state index contributed by atoms with van der Waals surface area (Å²) in [6, 6.07) is 12.0.